The molecule has 0 saturated carbocycles. The zero-order chi connectivity index (χ0) is 12.3. The Bertz CT molecular complexity index is 350. The standard InChI is InChI=1S/C13H21ClN2/c1-9(2)10(3)16(4)8-11-5-6-12(14)7-13(11)15/h5-7,9-10H,8,15H2,1-4H3. The van der Waals surface area contributed by atoms with Gasteiger partial charge in [-0.1, -0.05) is 31.5 Å². The molecule has 0 aliphatic heterocycles. The molecule has 0 saturated heterocycles. The quantitative estimate of drug-likeness (QED) is 0.818. The van der Waals surface area contributed by atoms with Crippen LogP contribution in [0.3, 0.4) is 0 Å². The first kappa shape index (κ1) is 13.3. The summed E-state index contributed by atoms with van der Waals surface area (Å²) in [6.45, 7) is 7.55. The van der Waals surface area contributed by atoms with E-state index in [9.17, 15) is 0 Å². The molecule has 0 bridgehead atoms. The Morgan fingerprint density at radius 1 is 1.31 bits per heavy atom. The largest absolute Gasteiger partial charge is 0.398 e. The van der Waals surface area contributed by atoms with Crippen LogP contribution in [0.4, 0.5) is 5.69 Å². The Kier molecular flexibility index (Phi) is 4.63. The first-order valence-electron chi connectivity index (χ1n) is 5.66. The summed E-state index contributed by atoms with van der Waals surface area (Å²) in [5.74, 6) is 0.638. The van der Waals surface area contributed by atoms with Crippen molar-refractivity contribution in [2.24, 2.45) is 5.92 Å². The maximum absolute atomic E-state index is 5.93. The maximum Gasteiger partial charge on any atom is 0.0426 e. The highest BCUT2D eigenvalue weighted by atomic mass is 35.5. The number of anilines is 1. The van der Waals surface area contributed by atoms with Crippen molar-refractivity contribution < 1.29 is 0 Å². The van der Waals surface area contributed by atoms with Crippen molar-refractivity contribution in [3.8, 4) is 0 Å². The van der Waals surface area contributed by atoms with Gasteiger partial charge in [0.15, 0.2) is 0 Å². The zero-order valence-electron chi connectivity index (χ0n) is 10.5. The van der Waals surface area contributed by atoms with Crippen molar-refractivity contribution in [3.05, 3.63) is 28.8 Å². The molecule has 0 spiro atoms. The average Bonchev–Trinajstić information content (AvgIpc) is 2.20. The van der Waals surface area contributed by atoms with Crippen LogP contribution in [0.15, 0.2) is 18.2 Å². The molecule has 0 radical (unpaired) electrons. The van der Waals surface area contributed by atoms with Gasteiger partial charge in [-0.15, -0.1) is 0 Å². The second-order valence-corrected chi connectivity index (χ2v) is 5.18. The predicted octanol–water partition coefficient (Wildman–Crippen LogP) is 3.40. The van der Waals surface area contributed by atoms with E-state index in [2.05, 4.69) is 32.7 Å². The fraction of sp³-hybridized carbons (Fsp3) is 0.538. The van der Waals surface area contributed by atoms with E-state index in [1.165, 1.54) is 0 Å². The topological polar surface area (TPSA) is 29.3 Å². The Balaban J connectivity index is 2.73. The van der Waals surface area contributed by atoms with Gasteiger partial charge >= 0.3 is 0 Å². The number of rotatable bonds is 4. The molecule has 1 atom stereocenters. The summed E-state index contributed by atoms with van der Waals surface area (Å²) in [4.78, 5) is 2.31. The number of benzene rings is 1. The van der Waals surface area contributed by atoms with E-state index in [4.69, 9.17) is 17.3 Å². The number of halogens is 1. The minimum atomic E-state index is 0.537. The number of nitrogens with two attached hydrogens (primary N) is 1. The molecule has 0 aliphatic carbocycles. The summed E-state index contributed by atoms with van der Waals surface area (Å²) < 4.78 is 0. The Morgan fingerprint density at radius 3 is 2.44 bits per heavy atom. The van der Waals surface area contributed by atoms with Crippen LogP contribution >= 0.6 is 11.6 Å². The molecule has 3 heteroatoms. The Morgan fingerprint density at radius 2 is 1.94 bits per heavy atom. The molecule has 0 fully saturated rings. The molecule has 1 unspecified atom stereocenters. The third-order valence-corrected chi connectivity index (χ3v) is 3.42. The molecule has 0 aliphatic rings. The summed E-state index contributed by atoms with van der Waals surface area (Å²) in [5, 5.41) is 0.695. The van der Waals surface area contributed by atoms with Crippen LogP contribution in [-0.2, 0) is 6.54 Å². The molecular formula is C13H21ClN2. The summed E-state index contributed by atoms with van der Waals surface area (Å²) >= 11 is 5.87. The van der Waals surface area contributed by atoms with Crippen molar-refractivity contribution in [2.45, 2.75) is 33.4 Å². The zero-order valence-corrected chi connectivity index (χ0v) is 11.3. The van der Waals surface area contributed by atoms with E-state index in [1.54, 1.807) is 0 Å². The Hall–Kier alpha value is -0.730. The summed E-state index contributed by atoms with van der Waals surface area (Å²) in [6, 6.07) is 6.24. The van der Waals surface area contributed by atoms with Crippen molar-refractivity contribution in [1.82, 2.24) is 4.90 Å². The van der Waals surface area contributed by atoms with Crippen LogP contribution in [0.5, 0.6) is 0 Å². The lowest BCUT2D eigenvalue weighted by Crippen LogP contribution is -2.32. The van der Waals surface area contributed by atoms with Crippen LogP contribution < -0.4 is 5.73 Å². The normalized spacial score (nSPS) is 13.4. The van der Waals surface area contributed by atoms with Gasteiger partial charge in [0.1, 0.15) is 0 Å². The van der Waals surface area contributed by atoms with Crippen LogP contribution in [0.2, 0.25) is 5.02 Å². The van der Waals surface area contributed by atoms with Crippen molar-refractivity contribution >= 4 is 17.3 Å². The smallest absolute Gasteiger partial charge is 0.0426 e. The van der Waals surface area contributed by atoms with Crippen molar-refractivity contribution in [3.63, 3.8) is 0 Å². The number of hydrogen-bond donors (Lipinski definition) is 1. The fourth-order valence-corrected chi connectivity index (χ4v) is 1.81. The van der Waals surface area contributed by atoms with Gasteiger partial charge in [0, 0.05) is 23.3 Å². The van der Waals surface area contributed by atoms with Gasteiger partial charge in [0.2, 0.25) is 0 Å². The lowest BCUT2D eigenvalue weighted by atomic mass is 10.0. The van der Waals surface area contributed by atoms with Crippen molar-refractivity contribution in [2.75, 3.05) is 12.8 Å². The molecule has 2 nitrogen and oxygen atoms in total. The fourth-order valence-electron chi connectivity index (χ4n) is 1.63. The summed E-state index contributed by atoms with van der Waals surface area (Å²) in [5.41, 5.74) is 7.85. The lowest BCUT2D eigenvalue weighted by Gasteiger charge is -2.28. The SMILES string of the molecule is CC(C)C(C)N(C)Cc1ccc(Cl)cc1N. The van der Waals surface area contributed by atoms with Gasteiger partial charge < -0.3 is 5.73 Å². The highest BCUT2D eigenvalue weighted by Crippen LogP contribution is 2.20. The van der Waals surface area contributed by atoms with Crippen LogP contribution in [0.25, 0.3) is 0 Å². The second-order valence-electron chi connectivity index (χ2n) is 4.74. The molecule has 90 valence electrons. The van der Waals surface area contributed by atoms with Gasteiger partial charge in [-0.2, -0.15) is 0 Å². The Labute approximate surface area is 103 Å². The molecule has 1 aromatic rings. The highest BCUT2D eigenvalue weighted by Gasteiger charge is 2.14. The van der Waals surface area contributed by atoms with Crippen molar-refractivity contribution in [1.29, 1.82) is 0 Å². The third-order valence-electron chi connectivity index (χ3n) is 3.19. The lowest BCUT2D eigenvalue weighted by molar-refractivity contribution is 0.201. The minimum Gasteiger partial charge on any atom is -0.398 e. The monoisotopic (exact) mass is 240 g/mol. The first-order valence-corrected chi connectivity index (χ1v) is 6.03. The van der Waals surface area contributed by atoms with E-state index in [0.717, 1.165) is 17.8 Å². The second kappa shape index (κ2) is 5.55. The summed E-state index contributed by atoms with van der Waals surface area (Å²) in [7, 11) is 2.12. The van der Waals surface area contributed by atoms with Crippen LogP contribution in [-0.4, -0.2) is 18.0 Å². The number of hydrogen-bond acceptors (Lipinski definition) is 2. The average molecular weight is 241 g/mol. The minimum absolute atomic E-state index is 0.537. The van der Waals surface area contributed by atoms with Gasteiger partial charge in [-0.25, -0.2) is 0 Å². The molecule has 1 rings (SSSR count). The van der Waals surface area contributed by atoms with Gasteiger partial charge in [0.05, 0.1) is 0 Å². The number of nitrogen functional groups attached to an aromatic ring is 1. The van der Waals surface area contributed by atoms with Crippen LogP contribution in [0, 0.1) is 5.92 Å². The molecule has 0 aromatic heterocycles. The maximum atomic E-state index is 5.93. The van der Waals surface area contributed by atoms with Gasteiger partial charge in [-0.3, -0.25) is 4.90 Å². The van der Waals surface area contributed by atoms with E-state index in [0.29, 0.717) is 17.0 Å². The van der Waals surface area contributed by atoms with E-state index in [-0.39, 0.29) is 0 Å². The van der Waals surface area contributed by atoms with Gasteiger partial charge in [-0.05, 0) is 37.6 Å². The molecule has 0 amide bonds. The molecule has 2 N–H and O–H groups in total. The molecule has 1 aromatic carbocycles. The summed E-state index contributed by atoms with van der Waals surface area (Å²) in [6.07, 6.45) is 0. The molecule has 16 heavy (non-hydrogen) atoms. The number of nitrogens with zero attached hydrogens (tertiary/aromatic N) is 1. The predicted molar refractivity (Wildman–Crippen MR) is 71.6 cm³/mol. The van der Waals surface area contributed by atoms with Crippen LogP contribution in [0.1, 0.15) is 26.3 Å². The molecular weight excluding hydrogens is 220 g/mol. The van der Waals surface area contributed by atoms with E-state index < -0.39 is 0 Å². The van der Waals surface area contributed by atoms with Gasteiger partial charge in [0.25, 0.3) is 0 Å². The first-order chi connectivity index (χ1) is 7.41. The van der Waals surface area contributed by atoms with E-state index in [1.807, 2.05) is 18.2 Å². The third kappa shape index (κ3) is 3.39. The highest BCUT2D eigenvalue weighted by molar-refractivity contribution is 6.30. The van der Waals surface area contributed by atoms with E-state index >= 15 is 0 Å². The molecule has 0 heterocycles.